The summed E-state index contributed by atoms with van der Waals surface area (Å²) < 4.78 is 4.60. The van der Waals surface area contributed by atoms with E-state index in [4.69, 9.17) is 5.73 Å². The van der Waals surface area contributed by atoms with Gasteiger partial charge in [-0.25, -0.2) is 4.79 Å². The minimum absolute atomic E-state index is 0.225. The Morgan fingerprint density at radius 1 is 1.35 bits per heavy atom. The molecule has 0 aliphatic heterocycles. The number of carbonyl (C=O) groups is 2. The molecule has 0 fully saturated rings. The van der Waals surface area contributed by atoms with Crippen molar-refractivity contribution < 1.29 is 14.3 Å². The van der Waals surface area contributed by atoms with Gasteiger partial charge in [-0.15, -0.1) is 0 Å². The smallest absolute Gasteiger partial charge is 0.337 e. The molecule has 0 aliphatic rings. The third kappa shape index (κ3) is 2.94. The first-order chi connectivity index (χ1) is 9.61. The van der Waals surface area contributed by atoms with Crippen molar-refractivity contribution in [2.24, 2.45) is 0 Å². The molecule has 0 aliphatic carbocycles. The summed E-state index contributed by atoms with van der Waals surface area (Å²) >= 11 is 0. The van der Waals surface area contributed by atoms with Crippen molar-refractivity contribution in [3.8, 4) is 0 Å². The van der Waals surface area contributed by atoms with Crippen LogP contribution in [0.4, 0.5) is 5.82 Å². The highest BCUT2D eigenvalue weighted by molar-refractivity contribution is 5.98. The van der Waals surface area contributed by atoms with Crippen molar-refractivity contribution >= 4 is 17.7 Å². The molecule has 1 heterocycles. The molecule has 1 aromatic heterocycles. The Balaban J connectivity index is 1.96. The number of aromatic amines is 1. The molecule has 104 valence electrons. The molecule has 20 heavy (non-hydrogen) atoms. The fraction of sp³-hybridized carbons (Fsp3) is 0.154. The first-order valence-electron chi connectivity index (χ1n) is 5.86. The molecule has 2 rings (SSSR count). The van der Waals surface area contributed by atoms with E-state index in [9.17, 15) is 9.59 Å². The zero-order valence-corrected chi connectivity index (χ0v) is 10.8. The summed E-state index contributed by atoms with van der Waals surface area (Å²) in [6, 6.07) is 6.76. The third-order valence-corrected chi connectivity index (χ3v) is 2.74. The number of anilines is 1. The maximum atomic E-state index is 11.8. The topological polar surface area (TPSA) is 110 Å². The van der Waals surface area contributed by atoms with Gasteiger partial charge >= 0.3 is 5.97 Å². The fourth-order valence-corrected chi connectivity index (χ4v) is 1.63. The van der Waals surface area contributed by atoms with Gasteiger partial charge in [0.1, 0.15) is 11.4 Å². The number of methoxy groups -OCH3 is 1. The molecular formula is C13H14N4O3. The number of H-pyrrole nitrogens is 1. The van der Waals surface area contributed by atoms with Gasteiger partial charge in [0.2, 0.25) is 0 Å². The van der Waals surface area contributed by atoms with Crippen LogP contribution in [0.3, 0.4) is 0 Å². The van der Waals surface area contributed by atoms with Crippen LogP contribution < -0.4 is 11.1 Å². The number of hydrogen-bond acceptors (Lipinski definition) is 5. The average Bonchev–Trinajstić information content (AvgIpc) is 2.90. The van der Waals surface area contributed by atoms with E-state index in [1.165, 1.54) is 13.3 Å². The van der Waals surface area contributed by atoms with Crippen molar-refractivity contribution in [3.05, 3.63) is 47.2 Å². The van der Waals surface area contributed by atoms with Crippen LogP contribution in [0, 0.1) is 0 Å². The summed E-state index contributed by atoms with van der Waals surface area (Å²) in [4.78, 5) is 23.1. The molecule has 0 atom stereocenters. The van der Waals surface area contributed by atoms with Crippen LogP contribution >= 0.6 is 0 Å². The lowest BCUT2D eigenvalue weighted by molar-refractivity contribution is 0.0600. The molecule has 1 amide bonds. The van der Waals surface area contributed by atoms with Gasteiger partial charge in [0.05, 0.1) is 18.9 Å². The lowest BCUT2D eigenvalue weighted by atomic mass is 10.1. The van der Waals surface area contributed by atoms with E-state index in [0.717, 1.165) is 5.56 Å². The van der Waals surface area contributed by atoms with Crippen LogP contribution in [-0.4, -0.2) is 29.2 Å². The molecule has 0 saturated heterocycles. The molecule has 0 unspecified atom stereocenters. The van der Waals surface area contributed by atoms with Gasteiger partial charge in [0.15, 0.2) is 0 Å². The Morgan fingerprint density at radius 2 is 2.05 bits per heavy atom. The first-order valence-corrected chi connectivity index (χ1v) is 5.86. The van der Waals surface area contributed by atoms with Crippen molar-refractivity contribution in [2.45, 2.75) is 6.54 Å². The largest absolute Gasteiger partial charge is 0.465 e. The van der Waals surface area contributed by atoms with Crippen molar-refractivity contribution in [1.82, 2.24) is 15.5 Å². The second-order valence-electron chi connectivity index (χ2n) is 4.07. The Labute approximate surface area is 115 Å². The minimum atomic E-state index is -0.397. The number of nitrogens with two attached hydrogens (primary N) is 1. The number of hydrogen-bond donors (Lipinski definition) is 3. The van der Waals surface area contributed by atoms with Gasteiger partial charge in [-0.1, -0.05) is 12.1 Å². The molecule has 0 bridgehead atoms. The quantitative estimate of drug-likeness (QED) is 0.711. The highest BCUT2D eigenvalue weighted by atomic mass is 16.5. The lowest BCUT2D eigenvalue weighted by Gasteiger charge is -2.05. The summed E-state index contributed by atoms with van der Waals surface area (Å²) in [7, 11) is 1.33. The number of rotatable bonds is 4. The number of ether oxygens (including phenoxy) is 1. The maximum Gasteiger partial charge on any atom is 0.337 e. The molecule has 0 spiro atoms. The number of esters is 1. The Kier molecular flexibility index (Phi) is 3.99. The molecule has 2 aromatic rings. The van der Waals surface area contributed by atoms with E-state index >= 15 is 0 Å². The van der Waals surface area contributed by atoms with E-state index in [-0.39, 0.29) is 11.7 Å². The Hall–Kier alpha value is -2.83. The number of amides is 1. The standard InChI is InChI=1S/C13H14N4O3/c1-20-13(19)9-4-2-8(3-5-9)6-15-12(18)10-7-16-17-11(10)14/h2-5,7H,6H2,1H3,(H,15,18)(H3,14,16,17). The molecule has 4 N–H and O–H groups in total. The zero-order valence-electron chi connectivity index (χ0n) is 10.8. The Bertz CT molecular complexity index is 619. The van der Waals surface area contributed by atoms with Gasteiger partial charge in [0.25, 0.3) is 5.91 Å². The minimum Gasteiger partial charge on any atom is -0.465 e. The monoisotopic (exact) mass is 274 g/mol. The van der Waals surface area contributed by atoms with Crippen LogP contribution in [0.15, 0.2) is 30.5 Å². The summed E-state index contributed by atoms with van der Waals surface area (Å²) in [5.41, 5.74) is 7.17. The van der Waals surface area contributed by atoms with E-state index in [1.807, 2.05) is 0 Å². The van der Waals surface area contributed by atoms with E-state index in [1.54, 1.807) is 24.3 Å². The number of carbonyl (C=O) groups excluding carboxylic acids is 2. The number of nitrogens with one attached hydrogen (secondary N) is 2. The SMILES string of the molecule is COC(=O)c1ccc(CNC(=O)c2cn[nH]c2N)cc1. The van der Waals surface area contributed by atoms with Gasteiger partial charge in [-0.05, 0) is 17.7 Å². The molecule has 0 saturated carbocycles. The normalized spacial score (nSPS) is 10.1. The van der Waals surface area contributed by atoms with Crippen LogP contribution in [0.2, 0.25) is 0 Å². The van der Waals surface area contributed by atoms with Gasteiger partial charge in [0, 0.05) is 6.54 Å². The predicted molar refractivity (Wildman–Crippen MR) is 72.0 cm³/mol. The van der Waals surface area contributed by atoms with Gasteiger partial charge in [-0.2, -0.15) is 5.10 Å². The first kappa shape index (κ1) is 13.6. The summed E-state index contributed by atoms with van der Waals surface area (Å²) in [6.45, 7) is 0.324. The van der Waals surface area contributed by atoms with Crippen molar-refractivity contribution in [3.63, 3.8) is 0 Å². The summed E-state index contributed by atoms with van der Waals surface area (Å²) in [6.07, 6.45) is 1.37. The van der Waals surface area contributed by atoms with Crippen LogP contribution in [0.5, 0.6) is 0 Å². The molecule has 7 heteroatoms. The van der Waals surface area contributed by atoms with Gasteiger partial charge in [-0.3, -0.25) is 9.89 Å². The zero-order chi connectivity index (χ0) is 14.5. The fourth-order valence-electron chi connectivity index (χ4n) is 1.63. The molecule has 1 aromatic carbocycles. The Morgan fingerprint density at radius 3 is 2.60 bits per heavy atom. The highest BCUT2D eigenvalue weighted by Crippen LogP contribution is 2.08. The third-order valence-electron chi connectivity index (χ3n) is 2.74. The van der Waals surface area contributed by atoms with Crippen molar-refractivity contribution in [2.75, 3.05) is 12.8 Å². The number of nitrogen functional groups attached to an aromatic ring is 1. The summed E-state index contributed by atoms with van der Waals surface area (Å²) in [5, 5.41) is 8.88. The van der Waals surface area contributed by atoms with E-state index in [0.29, 0.717) is 17.7 Å². The maximum absolute atomic E-state index is 11.8. The lowest BCUT2D eigenvalue weighted by Crippen LogP contribution is -2.23. The van der Waals surface area contributed by atoms with Crippen LogP contribution in [0.25, 0.3) is 0 Å². The van der Waals surface area contributed by atoms with Gasteiger partial charge < -0.3 is 15.8 Å². The highest BCUT2D eigenvalue weighted by Gasteiger charge is 2.11. The number of aromatic nitrogens is 2. The second kappa shape index (κ2) is 5.87. The number of nitrogens with zero attached hydrogens (tertiary/aromatic N) is 1. The molecular weight excluding hydrogens is 260 g/mol. The van der Waals surface area contributed by atoms with Crippen LogP contribution in [-0.2, 0) is 11.3 Å². The molecule has 0 radical (unpaired) electrons. The molecule has 7 nitrogen and oxygen atoms in total. The van der Waals surface area contributed by atoms with E-state index < -0.39 is 5.97 Å². The van der Waals surface area contributed by atoms with Crippen LogP contribution in [0.1, 0.15) is 26.3 Å². The predicted octanol–water partition coefficient (Wildman–Crippen LogP) is 0.708. The average molecular weight is 274 g/mol. The number of benzene rings is 1. The second-order valence-corrected chi connectivity index (χ2v) is 4.07. The van der Waals surface area contributed by atoms with E-state index in [2.05, 4.69) is 20.3 Å². The van der Waals surface area contributed by atoms with Crippen molar-refractivity contribution in [1.29, 1.82) is 0 Å². The summed E-state index contributed by atoms with van der Waals surface area (Å²) in [5.74, 6) is -0.483.